The lowest BCUT2D eigenvalue weighted by molar-refractivity contribution is 0.0385. The summed E-state index contributed by atoms with van der Waals surface area (Å²) < 4.78 is 31.9. The maximum absolute atomic E-state index is 12.2. The molecule has 8 heteroatoms. The van der Waals surface area contributed by atoms with Gasteiger partial charge >= 0.3 is 16.3 Å². The smallest absolute Gasteiger partial charge is 0.421 e. The number of aliphatic hydroxyl groups is 1. The van der Waals surface area contributed by atoms with E-state index in [-0.39, 0.29) is 12.0 Å². The van der Waals surface area contributed by atoms with Crippen LogP contribution in [-0.2, 0) is 14.9 Å². The van der Waals surface area contributed by atoms with E-state index < -0.39 is 22.4 Å². The zero-order valence-corrected chi connectivity index (χ0v) is 12.4. The van der Waals surface area contributed by atoms with Gasteiger partial charge in [0.25, 0.3) is 0 Å². The number of amides is 1. The second-order valence-corrected chi connectivity index (χ2v) is 7.06. The molecular weight excluding hydrogens is 284 g/mol. The fourth-order valence-corrected chi connectivity index (χ4v) is 4.69. The van der Waals surface area contributed by atoms with E-state index >= 15 is 0 Å². The molecule has 0 spiro atoms. The van der Waals surface area contributed by atoms with Crippen molar-refractivity contribution in [1.82, 2.24) is 9.03 Å². The van der Waals surface area contributed by atoms with E-state index in [0.29, 0.717) is 6.54 Å². The summed E-state index contributed by atoms with van der Waals surface area (Å²) in [4.78, 5) is 11.1. The molecular formula is C12H22N2O5S. The normalized spacial score (nSPS) is 32.0. The first-order valence-corrected chi connectivity index (χ1v) is 8.45. The van der Waals surface area contributed by atoms with E-state index in [1.165, 1.54) is 4.31 Å². The molecule has 20 heavy (non-hydrogen) atoms. The first-order valence-electron chi connectivity index (χ1n) is 7.01. The van der Waals surface area contributed by atoms with Crippen molar-refractivity contribution in [3.05, 3.63) is 0 Å². The molecule has 2 rings (SSSR count). The lowest BCUT2D eigenvalue weighted by Crippen LogP contribution is -2.50. The molecule has 1 saturated carbocycles. The fraction of sp³-hybridized carbons (Fsp3) is 0.917. The Bertz CT molecular complexity index is 453. The van der Waals surface area contributed by atoms with Crippen LogP contribution >= 0.6 is 0 Å². The van der Waals surface area contributed by atoms with E-state index in [0.717, 1.165) is 45.6 Å². The van der Waals surface area contributed by atoms with Crippen LogP contribution < -0.4 is 4.72 Å². The van der Waals surface area contributed by atoms with Crippen LogP contribution in [0.3, 0.4) is 0 Å². The highest BCUT2D eigenvalue weighted by Crippen LogP contribution is 2.35. The number of aliphatic hydroxyl groups excluding tert-OH is 1. The van der Waals surface area contributed by atoms with Gasteiger partial charge in [-0.1, -0.05) is 12.8 Å². The Morgan fingerprint density at radius 3 is 2.60 bits per heavy atom. The summed E-state index contributed by atoms with van der Waals surface area (Å²) in [5.74, 6) is -0.0412. The van der Waals surface area contributed by atoms with E-state index in [2.05, 4.69) is 4.74 Å². The number of methoxy groups -OCH3 is 1. The van der Waals surface area contributed by atoms with Crippen molar-refractivity contribution < 1.29 is 23.1 Å². The third-order valence-corrected chi connectivity index (χ3v) is 5.73. The molecule has 2 fully saturated rings. The van der Waals surface area contributed by atoms with Crippen LogP contribution in [0.1, 0.15) is 38.5 Å². The van der Waals surface area contributed by atoms with Gasteiger partial charge in [-0.05, 0) is 25.7 Å². The molecule has 3 atom stereocenters. The van der Waals surface area contributed by atoms with Crippen molar-refractivity contribution in [3.8, 4) is 0 Å². The highest BCUT2D eigenvalue weighted by molar-refractivity contribution is 7.87. The fourth-order valence-electron chi connectivity index (χ4n) is 3.29. The van der Waals surface area contributed by atoms with Crippen molar-refractivity contribution in [2.45, 2.75) is 50.7 Å². The van der Waals surface area contributed by atoms with Gasteiger partial charge in [0.05, 0.1) is 13.2 Å². The van der Waals surface area contributed by atoms with E-state index in [1.54, 1.807) is 0 Å². The predicted octanol–water partition coefficient (Wildman–Crippen LogP) is 0.603. The predicted molar refractivity (Wildman–Crippen MR) is 72.2 cm³/mol. The Morgan fingerprint density at radius 1 is 1.25 bits per heavy atom. The van der Waals surface area contributed by atoms with Crippen LogP contribution in [0.4, 0.5) is 4.79 Å². The highest BCUT2D eigenvalue weighted by atomic mass is 32.2. The van der Waals surface area contributed by atoms with Gasteiger partial charge in [-0.25, -0.2) is 9.52 Å². The average Bonchev–Trinajstić information content (AvgIpc) is 2.88. The number of ether oxygens (including phenoxy) is 1. The van der Waals surface area contributed by atoms with E-state index in [9.17, 15) is 18.3 Å². The van der Waals surface area contributed by atoms with Crippen molar-refractivity contribution in [2.75, 3.05) is 13.7 Å². The van der Waals surface area contributed by atoms with Gasteiger partial charge in [0, 0.05) is 18.5 Å². The minimum absolute atomic E-state index is 0.0412. The molecule has 0 aromatic carbocycles. The number of hydrogen-bond donors (Lipinski definition) is 2. The van der Waals surface area contributed by atoms with Crippen LogP contribution in [-0.4, -0.2) is 49.7 Å². The topological polar surface area (TPSA) is 95.9 Å². The molecule has 1 saturated heterocycles. The maximum Gasteiger partial charge on any atom is 0.421 e. The van der Waals surface area contributed by atoms with Gasteiger partial charge in [-0.2, -0.15) is 12.7 Å². The molecule has 2 aliphatic rings. The van der Waals surface area contributed by atoms with Crippen LogP contribution in [0.15, 0.2) is 0 Å². The lowest BCUT2D eigenvalue weighted by atomic mass is 9.81. The largest absolute Gasteiger partial charge is 0.452 e. The molecule has 116 valence electrons. The number of hydrogen-bond acceptors (Lipinski definition) is 5. The average molecular weight is 306 g/mol. The first-order chi connectivity index (χ1) is 9.45. The number of carbonyl (C=O) groups excluding carboxylic acids is 1. The standard InChI is InChI=1S/C12H22N2O5S/c1-19-12(16)13-20(17,18)14-8-4-6-10(14)9-5-2-3-7-11(9)15/h9-11,15H,2-8H2,1H3,(H,13,16). The van der Waals surface area contributed by atoms with Gasteiger partial charge in [0.15, 0.2) is 0 Å². The van der Waals surface area contributed by atoms with Gasteiger partial charge in [-0.15, -0.1) is 0 Å². The number of nitrogens with one attached hydrogen (secondary N) is 1. The zero-order chi connectivity index (χ0) is 14.8. The maximum atomic E-state index is 12.2. The Kier molecular flexibility index (Phi) is 4.87. The van der Waals surface area contributed by atoms with Crippen LogP contribution in [0.25, 0.3) is 0 Å². The Labute approximate surface area is 119 Å². The second kappa shape index (κ2) is 6.28. The second-order valence-electron chi connectivity index (χ2n) is 5.43. The summed E-state index contributed by atoms with van der Waals surface area (Å²) in [5.41, 5.74) is 0. The van der Waals surface area contributed by atoms with Crippen molar-refractivity contribution in [1.29, 1.82) is 0 Å². The molecule has 0 bridgehead atoms. The quantitative estimate of drug-likeness (QED) is 0.796. The molecule has 7 nitrogen and oxygen atoms in total. The van der Waals surface area contributed by atoms with Gasteiger partial charge in [0.1, 0.15) is 0 Å². The summed E-state index contributed by atoms with van der Waals surface area (Å²) in [6, 6.07) is -0.229. The molecule has 1 heterocycles. The Morgan fingerprint density at radius 2 is 1.95 bits per heavy atom. The van der Waals surface area contributed by atoms with Gasteiger partial charge in [0.2, 0.25) is 0 Å². The molecule has 0 aromatic rings. The molecule has 0 aromatic heterocycles. The van der Waals surface area contributed by atoms with E-state index in [4.69, 9.17) is 0 Å². The highest BCUT2D eigenvalue weighted by Gasteiger charge is 2.42. The van der Waals surface area contributed by atoms with Gasteiger partial charge in [-0.3, -0.25) is 0 Å². The zero-order valence-electron chi connectivity index (χ0n) is 11.6. The third-order valence-electron chi connectivity index (χ3n) is 4.23. The van der Waals surface area contributed by atoms with E-state index in [1.807, 2.05) is 4.72 Å². The van der Waals surface area contributed by atoms with Crippen molar-refractivity contribution >= 4 is 16.3 Å². The summed E-state index contributed by atoms with van der Waals surface area (Å²) in [5, 5.41) is 10.1. The SMILES string of the molecule is COC(=O)NS(=O)(=O)N1CCCC1C1CCCCC1O. The van der Waals surface area contributed by atoms with Crippen molar-refractivity contribution in [2.24, 2.45) is 5.92 Å². The van der Waals surface area contributed by atoms with Gasteiger partial charge < -0.3 is 9.84 Å². The molecule has 3 unspecified atom stereocenters. The molecule has 1 aliphatic heterocycles. The first kappa shape index (κ1) is 15.5. The Balaban J connectivity index is 2.12. The summed E-state index contributed by atoms with van der Waals surface area (Å²) in [6.45, 7) is 0.375. The number of rotatable bonds is 3. The number of carbonyl (C=O) groups is 1. The summed E-state index contributed by atoms with van der Waals surface area (Å²) >= 11 is 0. The molecule has 1 aliphatic carbocycles. The van der Waals surface area contributed by atoms with Crippen molar-refractivity contribution in [3.63, 3.8) is 0 Å². The summed E-state index contributed by atoms with van der Waals surface area (Å²) in [7, 11) is -2.77. The van der Waals surface area contributed by atoms with Crippen LogP contribution in [0.5, 0.6) is 0 Å². The lowest BCUT2D eigenvalue weighted by Gasteiger charge is -2.36. The minimum Gasteiger partial charge on any atom is -0.452 e. The van der Waals surface area contributed by atoms with Crippen LogP contribution in [0.2, 0.25) is 0 Å². The molecule has 1 amide bonds. The Hall–Kier alpha value is -0.860. The summed E-state index contributed by atoms with van der Waals surface area (Å²) in [6.07, 6.45) is 3.58. The number of nitrogens with zero attached hydrogens (tertiary/aromatic N) is 1. The molecule has 0 radical (unpaired) electrons. The molecule has 2 N–H and O–H groups in total. The third kappa shape index (κ3) is 3.24. The minimum atomic E-state index is -3.90. The van der Waals surface area contributed by atoms with Crippen LogP contribution in [0, 0.1) is 5.92 Å². The monoisotopic (exact) mass is 306 g/mol.